The summed E-state index contributed by atoms with van der Waals surface area (Å²) in [4.78, 5) is 12.0. The molecule has 2 nitrogen and oxygen atoms in total. The van der Waals surface area contributed by atoms with Gasteiger partial charge in [0.25, 0.3) is 0 Å². The molecule has 5 unspecified atom stereocenters. The van der Waals surface area contributed by atoms with E-state index in [-0.39, 0.29) is 23.4 Å². The molecule has 19 heavy (non-hydrogen) atoms. The molecule has 0 amide bonds. The molecule has 0 aromatic carbocycles. The summed E-state index contributed by atoms with van der Waals surface area (Å²) in [6, 6.07) is 0. The zero-order valence-electron chi connectivity index (χ0n) is 13.2. The smallest absolute Gasteiger partial charge is 0.309 e. The minimum absolute atomic E-state index is 0.0830. The fraction of sp³-hybridized carbons (Fsp3) is 0.941. The van der Waals surface area contributed by atoms with Crippen molar-refractivity contribution in [1.29, 1.82) is 0 Å². The maximum absolute atomic E-state index is 12.0. The topological polar surface area (TPSA) is 26.3 Å². The van der Waals surface area contributed by atoms with E-state index in [1.807, 2.05) is 13.8 Å². The standard InChI is InChI=1S/C15H24O2.C2H6/c1-9-13-11(14(16)17-9)8-10-6-4-5-7-12(10)15(13,2)3;1-2/h9-13H,4-8H2,1-3H3;1-2H3. The number of carbonyl (C=O) groups excluding carboxylic acids is 1. The van der Waals surface area contributed by atoms with Crippen molar-refractivity contribution in [3.63, 3.8) is 0 Å². The molecule has 2 aliphatic carbocycles. The fourth-order valence-electron chi connectivity index (χ4n) is 5.23. The molecule has 1 saturated heterocycles. The lowest BCUT2D eigenvalue weighted by Crippen LogP contribution is -2.49. The van der Waals surface area contributed by atoms with Crippen LogP contribution in [0.4, 0.5) is 0 Å². The normalized spacial score (nSPS) is 43.4. The molecule has 2 saturated carbocycles. The van der Waals surface area contributed by atoms with Gasteiger partial charge >= 0.3 is 5.97 Å². The van der Waals surface area contributed by atoms with Crippen LogP contribution in [-0.2, 0) is 9.53 Å². The van der Waals surface area contributed by atoms with Crippen molar-refractivity contribution in [2.75, 3.05) is 0 Å². The van der Waals surface area contributed by atoms with Gasteiger partial charge in [-0.05, 0) is 37.0 Å². The third-order valence-corrected chi connectivity index (χ3v) is 5.82. The molecular formula is C17H30O2. The first-order valence-electron chi connectivity index (χ1n) is 8.22. The molecule has 0 aromatic rings. The highest BCUT2D eigenvalue weighted by Gasteiger charge is 2.58. The Labute approximate surface area is 118 Å². The fourth-order valence-corrected chi connectivity index (χ4v) is 5.23. The quantitative estimate of drug-likeness (QED) is 0.606. The van der Waals surface area contributed by atoms with E-state index < -0.39 is 0 Å². The number of ether oxygens (including phenoxy) is 1. The minimum Gasteiger partial charge on any atom is -0.462 e. The Morgan fingerprint density at radius 2 is 1.79 bits per heavy atom. The zero-order chi connectivity index (χ0) is 14.2. The lowest BCUT2D eigenvalue weighted by Gasteiger charge is -2.52. The number of hydrogen-bond donors (Lipinski definition) is 0. The van der Waals surface area contributed by atoms with E-state index in [0.717, 1.165) is 18.3 Å². The van der Waals surface area contributed by atoms with E-state index in [1.54, 1.807) is 0 Å². The Morgan fingerprint density at radius 1 is 1.16 bits per heavy atom. The second-order valence-corrected chi connectivity index (χ2v) is 6.98. The van der Waals surface area contributed by atoms with Crippen molar-refractivity contribution in [1.82, 2.24) is 0 Å². The Morgan fingerprint density at radius 3 is 2.47 bits per heavy atom. The second-order valence-electron chi connectivity index (χ2n) is 6.98. The molecule has 1 heterocycles. The summed E-state index contributed by atoms with van der Waals surface area (Å²) >= 11 is 0. The summed E-state index contributed by atoms with van der Waals surface area (Å²) in [5.74, 6) is 2.32. The van der Waals surface area contributed by atoms with E-state index in [2.05, 4.69) is 20.8 Å². The first kappa shape index (κ1) is 14.9. The molecule has 5 atom stereocenters. The van der Waals surface area contributed by atoms with Gasteiger partial charge in [-0.3, -0.25) is 4.79 Å². The number of rotatable bonds is 0. The molecule has 3 rings (SSSR count). The van der Waals surface area contributed by atoms with Crippen LogP contribution in [0.25, 0.3) is 0 Å². The van der Waals surface area contributed by atoms with Crippen LogP contribution in [0.15, 0.2) is 0 Å². The molecule has 0 spiro atoms. The lowest BCUT2D eigenvalue weighted by atomic mass is 9.51. The van der Waals surface area contributed by atoms with Gasteiger partial charge in [0.15, 0.2) is 0 Å². The predicted molar refractivity (Wildman–Crippen MR) is 77.7 cm³/mol. The number of hydrogen-bond acceptors (Lipinski definition) is 2. The number of carbonyl (C=O) groups is 1. The Kier molecular flexibility index (Phi) is 4.27. The number of fused-ring (bicyclic) bond motifs is 2. The maximum atomic E-state index is 12.0. The molecule has 110 valence electrons. The summed E-state index contributed by atoms with van der Waals surface area (Å²) in [6.45, 7) is 10.9. The lowest BCUT2D eigenvalue weighted by molar-refractivity contribution is -0.144. The van der Waals surface area contributed by atoms with E-state index in [4.69, 9.17) is 4.74 Å². The Bertz CT molecular complexity index is 334. The van der Waals surface area contributed by atoms with E-state index in [1.165, 1.54) is 25.7 Å². The van der Waals surface area contributed by atoms with Crippen molar-refractivity contribution in [3.05, 3.63) is 0 Å². The summed E-state index contributed by atoms with van der Waals surface area (Å²) in [5.41, 5.74) is 0.277. The van der Waals surface area contributed by atoms with Crippen molar-refractivity contribution >= 4 is 5.97 Å². The van der Waals surface area contributed by atoms with Gasteiger partial charge in [0.2, 0.25) is 0 Å². The first-order chi connectivity index (χ1) is 9.01. The molecule has 0 aromatic heterocycles. The Hall–Kier alpha value is -0.530. The molecular weight excluding hydrogens is 236 g/mol. The van der Waals surface area contributed by atoms with Gasteiger partial charge in [0, 0.05) is 5.92 Å². The molecule has 3 aliphatic rings. The third-order valence-electron chi connectivity index (χ3n) is 5.82. The third kappa shape index (κ3) is 2.32. The second kappa shape index (κ2) is 5.46. The van der Waals surface area contributed by atoms with Crippen LogP contribution in [0.1, 0.15) is 66.7 Å². The van der Waals surface area contributed by atoms with Crippen LogP contribution in [0, 0.1) is 29.1 Å². The predicted octanol–water partition coefficient (Wildman–Crippen LogP) is 4.43. The van der Waals surface area contributed by atoms with Gasteiger partial charge in [-0.25, -0.2) is 0 Å². The van der Waals surface area contributed by atoms with E-state index in [0.29, 0.717) is 5.92 Å². The molecule has 0 bridgehead atoms. The van der Waals surface area contributed by atoms with Gasteiger partial charge in [-0.15, -0.1) is 0 Å². The van der Waals surface area contributed by atoms with Crippen LogP contribution >= 0.6 is 0 Å². The van der Waals surface area contributed by atoms with Crippen molar-refractivity contribution in [2.45, 2.75) is 72.8 Å². The zero-order valence-corrected chi connectivity index (χ0v) is 13.2. The van der Waals surface area contributed by atoms with Gasteiger partial charge in [0.05, 0.1) is 5.92 Å². The van der Waals surface area contributed by atoms with E-state index >= 15 is 0 Å². The average molecular weight is 266 g/mol. The molecule has 1 aliphatic heterocycles. The van der Waals surface area contributed by atoms with Gasteiger partial charge in [0.1, 0.15) is 6.10 Å². The van der Waals surface area contributed by atoms with Gasteiger partial charge < -0.3 is 4.74 Å². The van der Waals surface area contributed by atoms with Crippen LogP contribution in [0.2, 0.25) is 0 Å². The molecule has 0 N–H and O–H groups in total. The van der Waals surface area contributed by atoms with Crippen molar-refractivity contribution in [3.8, 4) is 0 Å². The number of esters is 1. The molecule has 0 radical (unpaired) electrons. The van der Waals surface area contributed by atoms with Crippen molar-refractivity contribution < 1.29 is 9.53 Å². The molecule has 2 heteroatoms. The summed E-state index contributed by atoms with van der Waals surface area (Å²) in [5, 5.41) is 0. The monoisotopic (exact) mass is 266 g/mol. The largest absolute Gasteiger partial charge is 0.462 e. The van der Waals surface area contributed by atoms with Gasteiger partial charge in [-0.2, -0.15) is 0 Å². The van der Waals surface area contributed by atoms with E-state index in [9.17, 15) is 4.79 Å². The van der Waals surface area contributed by atoms with Gasteiger partial charge in [-0.1, -0.05) is 47.0 Å². The SMILES string of the molecule is CC.CC1OC(=O)C2CC3CCCCC3C(C)(C)C12. The summed E-state index contributed by atoms with van der Waals surface area (Å²) in [6.07, 6.45) is 6.66. The average Bonchev–Trinajstić information content (AvgIpc) is 2.68. The van der Waals surface area contributed by atoms with Crippen LogP contribution < -0.4 is 0 Å². The first-order valence-corrected chi connectivity index (χ1v) is 8.22. The highest BCUT2D eigenvalue weighted by atomic mass is 16.6. The summed E-state index contributed by atoms with van der Waals surface area (Å²) < 4.78 is 5.51. The Balaban J connectivity index is 0.000000637. The summed E-state index contributed by atoms with van der Waals surface area (Å²) in [7, 11) is 0. The van der Waals surface area contributed by atoms with Crippen LogP contribution in [0.5, 0.6) is 0 Å². The highest BCUT2D eigenvalue weighted by molar-refractivity contribution is 5.75. The minimum atomic E-state index is 0.0830. The molecule has 3 fully saturated rings. The highest BCUT2D eigenvalue weighted by Crippen LogP contribution is 2.58. The van der Waals surface area contributed by atoms with Crippen LogP contribution in [-0.4, -0.2) is 12.1 Å². The van der Waals surface area contributed by atoms with Crippen LogP contribution in [0.3, 0.4) is 0 Å². The number of cyclic esters (lactones) is 1. The maximum Gasteiger partial charge on any atom is 0.309 e. The van der Waals surface area contributed by atoms with Crippen molar-refractivity contribution in [2.24, 2.45) is 29.1 Å².